The van der Waals surface area contributed by atoms with E-state index in [9.17, 15) is 14.7 Å². The van der Waals surface area contributed by atoms with Crippen molar-refractivity contribution in [1.29, 1.82) is 0 Å². The molecule has 2 fully saturated rings. The molecule has 6 heteroatoms. The van der Waals surface area contributed by atoms with Crippen molar-refractivity contribution in [1.82, 2.24) is 10.2 Å². The molecule has 6 nitrogen and oxygen atoms in total. The predicted molar refractivity (Wildman–Crippen MR) is 68.4 cm³/mol. The first-order valence-electron chi connectivity index (χ1n) is 6.87. The lowest BCUT2D eigenvalue weighted by atomic mass is 10.0. The molecule has 108 valence electrons. The van der Waals surface area contributed by atoms with Crippen LogP contribution < -0.4 is 5.32 Å². The average Bonchev–Trinajstić information content (AvgIpc) is 3.19. The van der Waals surface area contributed by atoms with Crippen molar-refractivity contribution in [2.24, 2.45) is 5.92 Å². The molecule has 1 saturated carbocycles. The van der Waals surface area contributed by atoms with E-state index in [1.165, 1.54) is 19.9 Å². The molecule has 0 spiro atoms. The number of carbonyl (C=O) groups excluding carboxylic acids is 2. The fourth-order valence-electron chi connectivity index (χ4n) is 2.10. The molecule has 1 aliphatic heterocycles. The quantitative estimate of drug-likeness (QED) is 0.610. The number of nitrogens with zero attached hydrogens (tertiary/aromatic N) is 1. The summed E-state index contributed by atoms with van der Waals surface area (Å²) in [6.07, 6.45) is 2.71. The van der Waals surface area contributed by atoms with Gasteiger partial charge < -0.3 is 15.2 Å². The average molecular weight is 270 g/mol. The molecule has 0 aromatic heterocycles. The zero-order chi connectivity index (χ0) is 13.8. The Labute approximate surface area is 113 Å². The Bertz CT molecular complexity index is 344. The van der Waals surface area contributed by atoms with E-state index in [0.717, 1.165) is 11.5 Å². The summed E-state index contributed by atoms with van der Waals surface area (Å²) in [7, 11) is 1.49. The minimum Gasteiger partial charge on any atom is -0.389 e. The van der Waals surface area contributed by atoms with Gasteiger partial charge >= 0.3 is 0 Å². The molecule has 2 unspecified atom stereocenters. The maximum absolute atomic E-state index is 11.8. The standard InChI is InChI=1S/C13H22N2O4/c1-15-12(17)5-4-11(13(15)18)14-6-10(16)8-19-7-9-2-3-9/h9-11,14,16H,2-8H2,1H3. The molecule has 2 rings (SSSR count). The molecule has 1 heterocycles. The normalized spacial score (nSPS) is 25.8. The summed E-state index contributed by atoms with van der Waals surface area (Å²) in [5.74, 6) is 0.318. The van der Waals surface area contributed by atoms with Crippen LogP contribution in [0.3, 0.4) is 0 Å². The van der Waals surface area contributed by atoms with E-state index in [4.69, 9.17) is 4.74 Å². The number of nitrogens with one attached hydrogen (secondary N) is 1. The van der Waals surface area contributed by atoms with Crippen molar-refractivity contribution in [2.75, 3.05) is 26.8 Å². The summed E-state index contributed by atoms with van der Waals surface area (Å²) in [5.41, 5.74) is 0. The van der Waals surface area contributed by atoms with Gasteiger partial charge in [-0.25, -0.2) is 0 Å². The lowest BCUT2D eigenvalue weighted by Gasteiger charge is -2.28. The van der Waals surface area contributed by atoms with Gasteiger partial charge in [-0.1, -0.05) is 0 Å². The van der Waals surface area contributed by atoms with Gasteiger partial charge in [-0.05, 0) is 25.2 Å². The zero-order valence-corrected chi connectivity index (χ0v) is 11.3. The van der Waals surface area contributed by atoms with Crippen LogP contribution in [0.1, 0.15) is 25.7 Å². The van der Waals surface area contributed by atoms with Gasteiger partial charge in [0.2, 0.25) is 11.8 Å². The molecule has 2 N–H and O–H groups in total. The highest BCUT2D eigenvalue weighted by molar-refractivity contribution is 6.00. The van der Waals surface area contributed by atoms with E-state index in [-0.39, 0.29) is 17.9 Å². The van der Waals surface area contributed by atoms with Crippen LogP contribution in [0.4, 0.5) is 0 Å². The second-order valence-electron chi connectivity index (χ2n) is 5.43. The Balaban J connectivity index is 1.63. The number of carbonyl (C=O) groups is 2. The van der Waals surface area contributed by atoms with E-state index in [1.54, 1.807) is 0 Å². The number of likely N-dealkylation sites (tertiary alicyclic amines) is 1. The first-order valence-corrected chi connectivity index (χ1v) is 6.87. The molecule has 0 aromatic rings. The third-order valence-corrected chi connectivity index (χ3v) is 3.61. The number of aliphatic hydroxyl groups excluding tert-OH is 1. The summed E-state index contributed by atoms with van der Waals surface area (Å²) in [4.78, 5) is 24.2. The van der Waals surface area contributed by atoms with Crippen LogP contribution in [-0.2, 0) is 14.3 Å². The predicted octanol–water partition coefficient (Wildman–Crippen LogP) is -0.489. The van der Waals surface area contributed by atoms with Gasteiger partial charge in [0, 0.05) is 26.6 Å². The van der Waals surface area contributed by atoms with Gasteiger partial charge in [0.15, 0.2) is 0 Å². The molecule has 0 radical (unpaired) electrons. The molecule has 1 aliphatic carbocycles. The van der Waals surface area contributed by atoms with Crippen molar-refractivity contribution >= 4 is 11.8 Å². The van der Waals surface area contributed by atoms with Crippen LogP contribution >= 0.6 is 0 Å². The molecule has 2 atom stereocenters. The summed E-state index contributed by atoms with van der Waals surface area (Å²) >= 11 is 0. The molecule has 2 amide bonds. The smallest absolute Gasteiger partial charge is 0.246 e. The SMILES string of the molecule is CN1C(=O)CCC(NCC(O)COCC2CC2)C1=O. The number of aliphatic hydroxyl groups is 1. The number of likely N-dealkylation sites (N-methyl/N-ethyl adjacent to an activating group) is 1. The van der Waals surface area contributed by atoms with E-state index < -0.39 is 6.10 Å². The van der Waals surface area contributed by atoms with Crippen LogP contribution in [0.25, 0.3) is 0 Å². The van der Waals surface area contributed by atoms with Gasteiger partial charge in [0.25, 0.3) is 0 Å². The molecular weight excluding hydrogens is 248 g/mol. The largest absolute Gasteiger partial charge is 0.389 e. The second-order valence-corrected chi connectivity index (χ2v) is 5.43. The van der Waals surface area contributed by atoms with Crippen LogP contribution in [0, 0.1) is 5.92 Å². The third kappa shape index (κ3) is 4.26. The monoisotopic (exact) mass is 270 g/mol. The van der Waals surface area contributed by atoms with E-state index >= 15 is 0 Å². The third-order valence-electron chi connectivity index (χ3n) is 3.61. The minimum atomic E-state index is -0.616. The van der Waals surface area contributed by atoms with Gasteiger partial charge in [-0.3, -0.25) is 14.5 Å². The lowest BCUT2D eigenvalue weighted by Crippen LogP contribution is -2.53. The van der Waals surface area contributed by atoms with Crippen molar-refractivity contribution in [3.63, 3.8) is 0 Å². The fraction of sp³-hybridized carbons (Fsp3) is 0.846. The highest BCUT2D eigenvalue weighted by Crippen LogP contribution is 2.28. The van der Waals surface area contributed by atoms with Crippen LogP contribution in [0.5, 0.6) is 0 Å². The van der Waals surface area contributed by atoms with Crippen LogP contribution in [0.2, 0.25) is 0 Å². The van der Waals surface area contributed by atoms with Crippen molar-refractivity contribution in [2.45, 2.75) is 37.8 Å². The molecular formula is C13H22N2O4. The maximum atomic E-state index is 11.8. The molecule has 1 saturated heterocycles. The highest BCUT2D eigenvalue weighted by atomic mass is 16.5. The maximum Gasteiger partial charge on any atom is 0.246 e. The fourth-order valence-corrected chi connectivity index (χ4v) is 2.10. The van der Waals surface area contributed by atoms with Gasteiger partial charge in [0.05, 0.1) is 18.8 Å². The van der Waals surface area contributed by atoms with E-state index in [2.05, 4.69) is 5.32 Å². The number of rotatable bonds is 7. The van der Waals surface area contributed by atoms with E-state index in [1.807, 2.05) is 0 Å². The first kappa shape index (κ1) is 14.4. The van der Waals surface area contributed by atoms with Crippen molar-refractivity contribution in [3.8, 4) is 0 Å². The number of piperidine rings is 1. The highest BCUT2D eigenvalue weighted by Gasteiger charge is 2.31. The topological polar surface area (TPSA) is 78.9 Å². The Morgan fingerprint density at radius 2 is 2.16 bits per heavy atom. The molecule has 2 aliphatic rings. The van der Waals surface area contributed by atoms with Crippen molar-refractivity contribution < 1.29 is 19.4 Å². The lowest BCUT2D eigenvalue weighted by molar-refractivity contribution is -0.148. The molecule has 0 bridgehead atoms. The number of amides is 2. The Kier molecular flexibility index (Phi) is 4.90. The van der Waals surface area contributed by atoms with Crippen LogP contribution in [0.15, 0.2) is 0 Å². The number of hydrogen-bond acceptors (Lipinski definition) is 5. The first-order chi connectivity index (χ1) is 9.08. The van der Waals surface area contributed by atoms with Crippen molar-refractivity contribution in [3.05, 3.63) is 0 Å². The molecule has 0 aromatic carbocycles. The van der Waals surface area contributed by atoms with Gasteiger partial charge in [0.1, 0.15) is 0 Å². The van der Waals surface area contributed by atoms with Crippen LogP contribution in [-0.4, -0.2) is 60.8 Å². The molecule has 19 heavy (non-hydrogen) atoms. The van der Waals surface area contributed by atoms with Gasteiger partial charge in [-0.2, -0.15) is 0 Å². The summed E-state index contributed by atoms with van der Waals surface area (Å²) in [6.45, 7) is 1.32. The summed E-state index contributed by atoms with van der Waals surface area (Å²) in [6, 6.07) is -0.374. The second kappa shape index (κ2) is 6.45. The Hall–Kier alpha value is -0.980. The summed E-state index contributed by atoms with van der Waals surface area (Å²) in [5, 5.41) is 12.7. The number of hydrogen-bond donors (Lipinski definition) is 2. The minimum absolute atomic E-state index is 0.142. The zero-order valence-electron chi connectivity index (χ0n) is 11.3. The number of ether oxygens (including phenoxy) is 1. The van der Waals surface area contributed by atoms with E-state index in [0.29, 0.717) is 31.9 Å². The number of imide groups is 1. The Morgan fingerprint density at radius 3 is 2.84 bits per heavy atom. The van der Waals surface area contributed by atoms with Gasteiger partial charge in [-0.15, -0.1) is 0 Å². The Morgan fingerprint density at radius 1 is 1.42 bits per heavy atom. The summed E-state index contributed by atoms with van der Waals surface area (Å²) < 4.78 is 5.38.